The van der Waals surface area contributed by atoms with Crippen LogP contribution in [0, 0.1) is 5.41 Å². The van der Waals surface area contributed by atoms with Crippen LogP contribution in [0.2, 0.25) is 0 Å². The maximum atomic E-state index is 12.2. The Morgan fingerprint density at radius 3 is 2.73 bits per heavy atom. The summed E-state index contributed by atoms with van der Waals surface area (Å²) in [7, 11) is 1.84. The molecule has 0 aromatic carbocycles. The van der Waals surface area contributed by atoms with Gasteiger partial charge in [0.2, 0.25) is 5.91 Å². The van der Waals surface area contributed by atoms with Crippen LogP contribution in [0.25, 0.3) is 0 Å². The van der Waals surface area contributed by atoms with Gasteiger partial charge in [-0.3, -0.25) is 4.79 Å². The van der Waals surface area contributed by atoms with Gasteiger partial charge in [-0.15, -0.1) is 0 Å². The van der Waals surface area contributed by atoms with Gasteiger partial charge >= 0.3 is 0 Å². The van der Waals surface area contributed by atoms with E-state index in [1.54, 1.807) is 4.90 Å². The molecule has 1 aliphatic heterocycles. The topological polar surface area (TPSA) is 55.6 Å². The van der Waals surface area contributed by atoms with E-state index in [1.165, 1.54) is 0 Å². The van der Waals surface area contributed by atoms with Crippen molar-refractivity contribution >= 4 is 5.91 Å². The molecule has 4 heteroatoms. The zero-order valence-corrected chi connectivity index (χ0v) is 10.1. The molecular formula is C11H22N2O2. The van der Waals surface area contributed by atoms with E-state index < -0.39 is 5.41 Å². The van der Waals surface area contributed by atoms with E-state index >= 15 is 0 Å². The van der Waals surface area contributed by atoms with E-state index in [9.17, 15) is 4.79 Å². The number of amides is 1. The van der Waals surface area contributed by atoms with Crippen molar-refractivity contribution in [1.29, 1.82) is 0 Å². The maximum Gasteiger partial charge on any atom is 0.232 e. The number of nitrogens with zero attached hydrogens (tertiary/aromatic N) is 1. The van der Waals surface area contributed by atoms with Crippen LogP contribution in [0.15, 0.2) is 0 Å². The van der Waals surface area contributed by atoms with E-state index in [0.717, 1.165) is 6.42 Å². The minimum atomic E-state index is -0.543. The number of hydrogen-bond acceptors (Lipinski definition) is 3. The molecule has 3 unspecified atom stereocenters. The Hall–Kier alpha value is -0.610. The lowest BCUT2D eigenvalue weighted by Crippen LogP contribution is -2.52. The SMILES string of the molecule is CCC(C)N(C)C(=O)C1(C)COCC1N. The van der Waals surface area contributed by atoms with E-state index in [1.807, 2.05) is 20.9 Å². The van der Waals surface area contributed by atoms with Crippen molar-refractivity contribution in [2.24, 2.45) is 11.1 Å². The molecule has 1 saturated heterocycles. The number of ether oxygens (including phenoxy) is 1. The van der Waals surface area contributed by atoms with Gasteiger partial charge in [0, 0.05) is 19.1 Å². The summed E-state index contributed by atoms with van der Waals surface area (Å²) in [4.78, 5) is 14.0. The molecule has 0 bridgehead atoms. The Kier molecular flexibility index (Phi) is 3.73. The molecule has 1 rings (SSSR count). The van der Waals surface area contributed by atoms with Crippen LogP contribution in [-0.2, 0) is 9.53 Å². The molecule has 4 nitrogen and oxygen atoms in total. The summed E-state index contributed by atoms with van der Waals surface area (Å²) in [5.74, 6) is 0.0989. The van der Waals surface area contributed by atoms with Crippen LogP contribution in [0.3, 0.4) is 0 Å². The molecule has 88 valence electrons. The third-order valence-electron chi connectivity index (χ3n) is 3.58. The van der Waals surface area contributed by atoms with Crippen molar-refractivity contribution in [3.8, 4) is 0 Å². The zero-order valence-electron chi connectivity index (χ0n) is 10.1. The second-order valence-corrected chi connectivity index (χ2v) is 4.71. The fourth-order valence-corrected chi connectivity index (χ4v) is 1.79. The van der Waals surface area contributed by atoms with Gasteiger partial charge in [0.1, 0.15) is 0 Å². The summed E-state index contributed by atoms with van der Waals surface area (Å²) in [5, 5.41) is 0. The molecule has 0 saturated carbocycles. The predicted molar refractivity (Wildman–Crippen MR) is 59.4 cm³/mol. The van der Waals surface area contributed by atoms with Gasteiger partial charge in [-0.25, -0.2) is 0 Å². The quantitative estimate of drug-likeness (QED) is 0.749. The third-order valence-corrected chi connectivity index (χ3v) is 3.58. The highest BCUT2D eigenvalue weighted by atomic mass is 16.5. The first-order valence-electron chi connectivity index (χ1n) is 5.54. The number of carbonyl (C=O) groups excluding carboxylic acids is 1. The maximum absolute atomic E-state index is 12.2. The summed E-state index contributed by atoms with van der Waals surface area (Å²) in [6.07, 6.45) is 0.953. The van der Waals surface area contributed by atoms with Crippen LogP contribution in [0.1, 0.15) is 27.2 Å². The molecule has 3 atom stereocenters. The Balaban J connectivity index is 2.75. The van der Waals surface area contributed by atoms with Crippen molar-refractivity contribution < 1.29 is 9.53 Å². The summed E-state index contributed by atoms with van der Waals surface area (Å²) in [6.45, 7) is 6.93. The van der Waals surface area contributed by atoms with Crippen LogP contribution in [0.4, 0.5) is 0 Å². The van der Waals surface area contributed by atoms with Crippen molar-refractivity contribution in [1.82, 2.24) is 4.90 Å². The summed E-state index contributed by atoms with van der Waals surface area (Å²) in [5.41, 5.74) is 5.38. The largest absolute Gasteiger partial charge is 0.379 e. The highest BCUT2D eigenvalue weighted by Crippen LogP contribution is 2.29. The van der Waals surface area contributed by atoms with Crippen molar-refractivity contribution in [2.75, 3.05) is 20.3 Å². The van der Waals surface area contributed by atoms with Crippen molar-refractivity contribution in [3.63, 3.8) is 0 Å². The van der Waals surface area contributed by atoms with Crippen LogP contribution >= 0.6 is 0 Å². The molecule has 2 N–H and O–H groups in total. The first-order chi connectivity index (χ1) is 6.93. The van der Waals surface area contributed by atoms with Gasteiger partial charge in [-0.2, -0.15) is 0 Å². The number of rotatable bonds is 3. The number of nitrogens with two attached hydrogens (primary N) is 1. The second kappa shape index (κ2) is 4.49. The highest BCUT2D eigenvalue weighted by Gasteiger charge is 2.46. The van der Waals surface area contributed by atoms with Gasteiger partial charge in [0.05, 0.1) is 18.6 Å². The van der Waals surface area contributed by atoms with E-state index in [0.29, 0.717) is 13.2 Å². The smallest absolute Gasteiger partial charge is 0.232 e. The monoisotopic (exact) mass is 214 g/mol. The minimum absolute atomic E-state index is 0.0989. The molecule has 0 spiro atoms. The first kappa shape index (κ1) is 12.5. The van der Waals surface area contributed by atoms with Crippen LogP contribution in [-0.4, -0.2) is 43.2 Å². The molecule has 1 heterocycles. The number of hydrogen-bond donors (Lipinski definition) is 1. The fraction of sp³-hybridized carbons (Fsp3) is 0.909. The normalized spacial score (nSPS) is 32.7. The lowest BCUT2D eigenvalue weighted by Gasteiger charge is -2.34. The fourth-order valence-electron chi connectivity index (χ4n) is 1.79. The lowest BCUT2D eigenvalue weighted by atomic mass is 9.84. The summed E-state index contributed by atoms with van der Waals surface area (Å²) >= 11 is 0. The average Bonchev–Trinajstić information content (AvgIpc) is 2.57. The van der Waals surface area contributed by atoms with Crippen molar-refractivity contribution in [3.05, 3.63) is 0 Å². The molecule has 0 aliphatic carbocycles. The zero-order chi connectivity index (χ0) is 11.6. The lowest BCUT2D eigenvalue weighted by molar-refractivity contribution is -0.142. The Morgan fingerprint density at radius 2 is 2.33 bits per heavy atom. The minimum Gasteiger partial charge on any atom is -0.379 e. The molecular weight excluding hydrogens is 192 g/mol. The number of carbonyl (C=O) groups is 1. The second-order valence-electron chi connectivity index (χ2n) is 4.71. The van der Waals surface area contributed by atoms with Crippen molar-refractivity contribution in [2.45, 2.75) is 39.3 Å². The Bertz CT molecular complexity index is 245. The molecule has 0 radical (unpaired) electrons. The summed E-state index contributed by atoms with van der Waals surface area (Å²) < 4.78 is 5.28. The predicted octanol–water partition coefficient (Wildman–Crippen LogP) is 0.607. The van der Waals surface area contributed by atoms with Gasteiger partial charge in [0.15, 0.2) is 0 Å². The van der Waals surface area contributed by atoms with Crippen LogP contribution < -0.4 is 5.73 Å². The van der Waals surface area contributed by atoms with Gasteiger partial charge < -0.3 is 15.4 Å². The van der Waals surface area contributed by atoms with E-state index in [-0.39, 0.29) is 18.0 Å². The highest BCUT2D eigenvalue weighted by molar-refractivity contribution is 5.83. The molecule has 0 aromatic rings. The molecule has 1 amide bonds. The van der Waals surface area contributed by atoms with Gasteiger partial charge in [0.25, 0.3) is 0 Å². The standard InChI is InChI=1S/C11H22N2O2/c1-5-8(2)13(4)10(14)11(3)7-15-6-9(11)12/h8-9H,5-7,12H2,1-4H3. The summed E-state index contributed by atoms with van der Waals surface area (Å²) in [6, 6.07) is 0.0682. The molecule has 15 heavy (non-hydrogen) atoms. The van der Waals surface area contributed by atoms with Gasteiger partial charge in [-0.1, -0.05) is 6.92 Å². The van der Waals surface area contributed by atoms with Gasteiger partial charge in [-0.05, 0) is 20.3 Å². The Morgan fingerprint density at radius 1 is 1.73 bits per heavy atom. The molecule has 1 aliphatic rings. The van der Waals surface area contributed by atoms with E-state index in [4.69, 9.17) is 10.5 Å². The molecule has 0 aromatic heterocycles. The average molecular weight is 214 g/mol. The first-order valence-corrected chi connectivity index (χ1v) is 5.54. The molecule has 1 fully saturated rings. The Labute approximate surface area is 91.8 Å². The van der Waals surface area contributed by atoms with E-state index in [2.05, 4.69) is 6.92 Å². The van der Waals surface area contributed by atoms with Crippen LogP contribution in [0.5, 0.6) is 0 Å². The third kappa shape index (κ3) is 2.16.